The number of hydrogen-bond donors (Lipinski definition) is 1. The van der Waals surface area contributed by atoms with Crippen LogP contribution in [0.1, 0.15) is 11.4 Å². The third-order valence-corrected chi connectivity index (χ3v) is 6.12. The molecule has 0 saturated carbocycles. The molecule has 4 aromatic rings. The largest absolute Gasteiger partial charge is 0.497 e. The lowest BCUT2D eigenvalue weighted by atomic mass is 10.2. The molecule has 0 bridgehead atoms. The Morgan fingerprint density at radius 1 is 1.03 bits per heavy atom. The summed E-state index contributed by atoms with van der Waals surface area (Å²) < 4.78 is 7.37. The van der Waals surface area contributed by atoms with Gasteiger partial charge in [0.15, 0.2) is 5.65 Å². The average Bonchev–Trinajstić information content (AvgIpc) is 3.23. The van der Waals surface area contributed by atoms with Gasteiger partial charge in [0.25, 0.3) is 0 Å². The zero-order valence-corrected chi connectivity index (χ0v) is 19.4. The van der Waals surface area contributed by atoms with Crippen LogP contribution in [0, 0.1) is 6.92 Å². The van der Waals surface area contributed by atoms with Crippen LogP contribution in [0.15, 0.2) is 66.9 Å². The second kappa shape index (κ2) is 9.52. The number of rotatable bonds is 5. The second-order valence-corrected chi connectivity index (χ2v) is 8.47. The van der Waals surface area contributed by atoms with Crippen LogP contribution >= 0.6 is 0 Å². The smallest absolute Gasteiger partial charge is 0.321 e. The SMILES string of the molecule is COc1cccc(NC(=O)N2CCN(Cc3nc4cccnc4n3-c3ccc(C)cc3)CC2)c1. The van der Waals surface area contributed by atoms with Crippen LogP contribution in [0.2, 0.25) is 0 Å². The summed E-state index contributed by atoms with van der Waals surface area (Å²) in [4.78, 5) is 26.4. The van der Waals surface area contributed by atoms with Gasteiger partial charge in [-0.25, -0.2) is 14.8 Å². The van der Waals surface area contributed by atoms with Crippen LogP contribution in [0.5, 0.6) is 5.75 Å². The number of fused-ring (bicyclic) bond motifs is 1. The first-order valence-electron chi connectivity index (χ1n) is 11.4. The lowest BCUT2D eigenvalue weighted by Crippen LogP contribution is -2.49. The van der Waals surface area contributed by atoms with Gasteiger partial charge in [0, 0.05) is 49.8 Å². The Morgan fingerprint density at radius 3 is 2.59 bits per heavy atom. The molecular weight excluding hydrogens is 428 g/mol. The lowest BCUT2D eigenvalue weighted by molar-refractivity contribution is 0.140. The van der Waals surface area contributed by atoms with Crippen molar-refractivity contribution < 1.29 is 9.53 Å². The Labute approximate surface area is 198 Å². The number of methoxy groups -OCH3 is 1. The van der Waals surface area contributed by atoms with Gasteiger partial charge < -0.3 is 15.0 Å². The molecular formula is C26H28N6O2. The number of aromatic nitrogens is 3. The van der Waals surface area contributed by atoms with Crippen LogP contribution in [-0.4, -0.2) is 63.7 Å². The molecule has 3 heterocycles. The third kappa shape index (κ3) is 4.58. The minimum atomic E-state index is -0.0935. The van der Waals surface area contributed by atoms with Gasteiger partial charge in [-0.05, 0) is 43.3 Å². The molecule has 0 unspecified atom stereocenters. The number of imidazole rings is 1. The first-order chi connectivity index (χ1) is 16.6. The summed E-state index contributed by atoms with van der Waals surface area (Å²) in [7, 11) is 1.61. The molecule has 0 spiro atoms. The molecule has 1 N–H and O–H groups in total. The number of ether oxygens (including phenoxy) is 1. The fraction of sp³-hybridized carbons (Fsp3) is 0.269. The maximum absolute atomic E-state index is 12.7. The molecule has 0 radical (unpaired) electrons. The molecule has 8 nitrogen and oxygen atoms in total. The fourth-order valence-electron chi connectivity index (χ4n) is 4.24. The summed E-state index contributed by atoms with van der Waals surface area (Å²) in [6.07, 6.45) is 1.80. The van der Waals surface area contributed by atoms with Crippen molar-refractivity contribution in [2.75, 3.05) is 38.6 Å². The van der Waals surface area contributed by atoms with Crippen molar-refractivity contribution in [1.29, 1.82) is 0 Å². The normalized spacial score (nSPS) is 14.4. The van der Waals surface area contributed by atoms with Crippen molar-refractivity contribution in [3.63, 3.8) is 0 Å². The number of carbonyl (C=O) groups is 1. The third-order valence-electron chi connectivity index (χ3n) is 6.12. The maximum atomic E-state index is 12.7. The molecule has 174 valence electrons. The van der Waals surface area contributed by atoms with Crippen LogP contribution in [0.25, 0.3) is 16.9 Å². The van der Waals surface area contributed by atoms with E-state index in [4.69, 9.17) is 9.72 Å². The van der Waals surface area contributed by atoms with Crippen molar-refractivity contribution in [1.82, 2.24) is 24.3 Å². The summed E-state index contributed by atoms with van der Waals surface area (Å²) in [5.74, 6) is 1.67. The number of piperazine rings is 1. The van der Waals surface area contributed by atoms with Gasteiger partial charge in [-0.15, -0.1) is 0 Å². The predicted molar refractivity (Wildman–Crippen MR) is 132 cm³/mol. The highest BCUT2D eigenvalue weighted by molar-refractivity contribution is 5.89. The van der Waals surface area contributed by atoms with Gasteiger partial charge in [0.2, 0.25) is 0 Å². The molecule has 8 heteroatoms. The number of hydrogen-bond acceptors (Lipinski definition) is 5. The van der Waals surface area contributed by atoms with Crippen molar-refractivity contribution in [3.8, 4) is 11.4 Å². The molecule has 34 heavy (non-hydrogen) atoms. The van der Waals surface area contributed by atoms with Crippen molar-refractivity contribution in [3.05, 3.63) is 78.2 Å². The molecule has 2 aromatic heterocycles. The quantitative estimate of drug-likeness (QED) is 0.490. The Balaban J connectivity index is 1.27. The van der Waals surface area contributed by atoms with E-state index in [2.05, 4.69) is 51.0 Å². The number of anilines is 1. The minimum absolute atomic E-state index is 0.0935. The van der Waals surface area contributed by atoms with Crippen molar-refractivity contribution in [2.45, 2.75) is 13.5 Å². The monoisotopic (exact) mass is 456 g/mol. The van der Waals surface area contributed by atoms with E-state index in [0.29, 0.717) is 25.4 Å². The second-order valence-electron chi connectivity index (χ2n) is 8.47. The number of aryl methyl sites for hydroxylation is 1. The highest BCUT2D eigenvalue weighted by atomic mass is 16.5. The molecule has 1 aliphatic heterocycles. The van der Waals surface area contributed by atoms with E-state index in [0.717, 1.165) is 41.5 Å². The van der Waals surface area contributed by atoms with Crippen LogP contribution in [-0.2, 0) is 6.54 Å². The molecule has 1 fully saturated rings. The van der Waals surface area contributed by atoms with E-state index in [1.807, 2.05) is 41.3 Å². The zero-order chi connectivity index (χ0) is 23.5. The molecule has 0 aliphatic carbocycles. The van der Waals surface area contributed by atoms with E-state index < -0.39 is 0 Å². The topological polar surface area (TPSA) is 75.5 Å². The van der Waals surface area contributed by atoms with E-state index >= 15 is 0 Å². The Bertz CT molecular complexity index is 1290. The minimum Gasteiger partial charge on any atom is -0.497 e. The van der Waals surface area contributed by atoms with Crippen molar-refractivity contribution in [2.24, 2.45) is 0 Å². The Kier molecular flexibility index (Phi) is 6.14. The lowest BCUT2D eigenvalue weighted by Gasteiger charge is -2.34. The van der Waals surface area contributed by atoms with Crippen LogP contribution in [0.3, 0.4) is 0 Å². The number of amides is 2. The summed E-state index contributed by atoms with van der Waals surface area (Å²) in [6, 6.07) is 19.6. The molecule has 2 amide bonds. The zero-order valence-electron chi connectivity index (χ0n) is 19.4. The highest BCUT2D eigenvalue weighted by Crippen LogP contribution is 2.22. The number of nitrogens with one attached hydrogen (secondary N) is 1. The van der Waals surface area contributed by atoms with E-state index in [9.17, 15) is 4.79 Å². The molecule has 1 aliphatic rings. The van der Waals surface area contributed by atoms with Gasteiger partial charge in [-0.1, -0.05) is 23.8 Å². The molecule has 5 rings (SSSR count). The predicted octanol–water partition coefficient (Wildman–Crippen LogP) is 4.09. The van der Waals surface area contributed by atoms with Gasteiger partial charge in [-0.3, -0.25) is 9.47 Å². The summed E-state index contributed by atoms with van der Waals surface area (Å²) in [5, 5.41) is 2.97. The van der Waals surface area contributed by atoms with Crippen LogP contribution in [0.4, 0.5) is 10.5 Å². The summed E-state index contributed by atoms with van der Waals surface area (Å²) in [5.41, 5.74) is 4.74. The molecule has 1 saturated heterocycles. The Morgan fingerprint density at radius 2 is 1.82 bits per heavy atom. The van der Waals surface area contributed by atoms with Gasteiger partial charge >= 0.3 is 6.03 Å². The van der Waals surface area contributed by atoms with E-state index in [1.54, 1.807) is 13.3 Å². The maximum Gasteiger partial charge on any atom is 0.321 e. The van der Waals surface area contributed by atoms with E-state index in [-0.39, 0.29) is 6.03 Å². The Hall–Kier alpha value is -3.91. The summed E-state index contributed by atoms with van der Waals surface area (Å²) >= 11 is 0. The van der Waals surface area contributed by atoms with Gasteiger partial charge in [-0.2, -0.15) is 0 Å². The molecule has 2 aromatic carbocycles. The number of urea groups is 1. The highest BCUT2D eigenvalue weighted by Gasteiger charge is 2.23. The van der Waals surface area contributed by atoms with E-state index in [1.165, 1.54) is 5.56 Å². The standard InChI is InChI=1S/C26H28N6O2/c1-19-8-10-21(11-9-19)32-24(29-23-7-4-12-27-25(23)32)18-30-13-15-31(16-14-30)26(33)28-20-5-3-6-22(17-20)34-2/h3-12,17H,13-16,18H2,1-2H3,(H,28,33). The van der Waals surface area contributed by atoms with Crippen LogP contribution < -0.4 is 10.1 Å². The van der Waals surface area contributed by atoms with Gasteiger partial charge in [0.05, 0.1) is 13.7 Å². The number of pyridine rings is 1. The fourth-order valence-corrected chi connectivity index (χ4v) is 4.24. The summed E-state index contributed by atoms with van der Waals surface area (Å²) in [6.45, 7) is 5.62. The average molecular weight is 457 g/mol. The number of carbonyl (C=O) groups excluding carboxylic acids is 1. The number of nitrogens with zero attached hydrogens (tertiary/aromatic N) is 5. The van der Waals surface area contributed by atoms with Crippen molar-refractivity contribution >= 4 is 22.9 Å². The first-order valence-corrected chi connectivity index (χ1v) is 11.4. The van der Waals surface area contributed by atoms with Gasteiger partial charge in [0.1, 0.15) is 17.1 Å². The molecule has 0 atom stereocenters. The first kappa shape index (κ1) is 21.9. The number of benzene rings is 2.